The molecule has 3 rings (SSSR count). The molecule has 1 aliphatic heterocycles. The molecular weight excluding hydrogens is 314 g/mol. The Morgan fingerprint density at radius 3 is 2.48 bits per heavy atom. The van der Waals surface area contributed by atoms with Crippen LogP contribution in [-0.4, -0.2) is 27.7 Å². The molecule has 4 heteroatoms. The van der Waals surface area contributed by atoms with E-state index in [1.54, 1.807) is 4.90 Å². The predicted octanol–water partition coefficient (Wildman–Crippen LogP) is 4.25. The van der Waals surface area contributed by atoms with Crippen molar-refractivity contribution >= 4 is 11.7 Å². The largest absolute Gasteiger partial charge is 0.503 e. The highest BCUT2D eigenvalue weighted by Crippen LogP contribution is 2.42. The first-order valence-corrected chi connectivity index (χ1v) is 9.28. The number of aliphatic hydroxyl groups excluding tert-OH is 1. The van der Waals surface area contributed by atoms with E-state index in [1.165, 1.54) is 6.42 Å². The van der Waals surface area contributed by atoms with Gasteiger partial charge in [0.1, 0.15) is 0 Å². The predicted molar refractivity (Wildman–Crippen MR) is 97.1 cm³/mol. The highest BCUT2D eigenvalue weighted by atomic mass is 16.3. The van der Waals surface area contributed by atoms with Crippen LogP contribution in [0.25, 0.3) is 0 Å². The second-order valence-corrected chi connectivity index (χ2v) is 7.60. The van der Waals surface area contributed by atoms with E-state index in [0.717, 1.165) is 36.8 Å². The maximum absolute atomic E-state index is 12.9. The Labute approximate surface area is 149 Å². The molecule has 1 aliphatic carbocycles. The van der Waals surface area contributed by atoms with Gasteiger partial charge in [0.15, 0.2) is 11.5 Å². The molecular formula is C21H27NO3. The number of carbonyl (C=O) groups is 2. The molecule has 134 valence electrons. The van der Waals surface area contributed by atoms with Gasteiger partial charge in [-0.05, 0) is 25.3 Å². The lowest BCUT2D eigenvalue weighted by atomic mass is 9.88. The molecule has 2 aliphatic rings. The number of hydrogen-bond donors (Lipinski definition) is 1. The molecule has 1 N–H and O–H groups in total. The molecule has 1 aromatic carbocycles. The zero-order valence-corrected chi connectivity index (χ0v) is 15.3. The molecule has 25 heavy (non-hydrogen) atoms. The van der Waals surface area contributed by atoms with Crippen molar-refractivity contribution in [1.29, 1.82) is 0 Å². The van der Waals surface area contributed by atoms with Gasteiger partial charge in [0.05, 0.1) is 11.6 Å². The molecule has 1 amide bonds. The summed E-state index contributed by atoms with van der Waals surface area (Å²) < 4.78 is 0. The van der Waals surface area contributed by atoms with Crippen LogP contribution in [-0.2, 0) is 9.59 Å². The summed E-state index contributed by atoms with van der Waals surface area (Å²) in [4.78, 5) is 27.5. The maximum atomic E-state index is 12.9. The van der Waals surface area contributed by atoms with Gasteiger partial charge in [0.2, 0.25) is 0 Å². The average Bonchev–Trinajstić information content (AvgIpc) is 2.86. The SMILES string of the molecule is Cc1cccc(C2C(C(=O)C(C)C)=C(O)C(=O)N2C2CCCCC2)c1. The Morgan fingerprint density at radius 2 is 1.88 bits per heavy atom. The van der Waals surface area contributed by atoms with E-state index in [0.29, 0.717) is 0 Å². The average molecular weight is 341 g/mol. The van der Waals surface area contributed by atoms with E-state index in [2.05, 4.69) is 0 Å². The lowest BCUT2D eigenvalue weighted by molar-refractivity contribution is -0.132. The summed E-state index contributed by atoms with van der Waals surface area (Å²) in [5.41, 5.74) is 2.26. The van der Waals surface area contributed by atoms with Crippen molar-refractivity contribution in [1.82, 2.24) is 4.90 Å². The molecule has 0 radical (unpaired) electrons. The van der Waals surface area contributed by atoms with Gasteiger partial charge in [-0.15, -0.1) is 0 Å². The fraction of sp³-hybridized carbons (Fsp3) is 0.524. The van der Waals surface area contributed by atoms with Gasteiger partial charge in [-0.25, -0.2) is 0 Å². The molecule has 1 unspecified atom stereocenters. The molecule has 0 aromatic heterocycles. The van der Waals surface area contributed by atoms with Crippen LogP contribution in [0.3, 0.4) is 0 Å². The number of aliphatic hydroxyl groups is 1. The van der Waals surface area contributed by atoms with Gasteiger partial charge in [0.25, 0.3) is 5.91 Å². The summed E-state index contributed by atoms with van der Waals surface area (Å²) in [7, 11) is 0. The fourth-order valence-corrected chi connectivity index (χ4v) is 4.09. The number of aryl methyl sites for hydroxylation is 1. The topological polar surface area (TPSA) is 57.6 Å². The third-order valence-electron chi connectivity index (χ3n) is 5.36. The minimum Gasteiger partial charge on any atom is -0.503 e. The summed E-state index contributed by atoms with van der Waals surface area (Å²) in [6.45, 7) is 5.62. The molecule has 1 saturated carbocycles. The molecule has 1 heterocycles. The number of nitrogens with zero attached hydrogens (tertiary/aromatic N) is 1. The molecule has 1 atom stereocenters. The second kappa shape index (κ2) is 7.03. The number of amides is 1. The Hall–Kier alpha value is -2.10. The van der Waals surface area contributed by atoms with E-state index < -0.39 is 6.04 Å². The Bertz CT molecular complexity index is 714. The van der Waals surface area contributed by atoms with E-state index in [-0.39, 0.29) is 35.0 Å². The highest BCUT2D eigenvalue weighted by molar-refractivity contribution is 6.09. The Balaban J connectivity index is 2.09. The fourth-order valence-electron chi connectivity index (χ4n) is 4.09. The van der Waals surface area contributed by atoms with E-state index >= 15 is 0 Å². The minimum absolute atomic E-state index is 0.0892. The first-order valence-electron chi connectivity index (χ1n) is 9.28. The lowest BCUT2D eigenvalue weighted by Crippen LogP contribution is -2.41. The molecule has 0 spiro atoms. The third kappa shape index (κ3) is 3.22. The van der Waals surface area contributed by atoms with Crippen LogP contribution < -0.4 is 0 Å². The second-order valence-electron chi connectivity index (χ2n) is 7.60. The Morgan fingerprint density at radius 1 is 1.20 bits per heavy atom. The van der Waals surface area contributed by atoms with Gasteiger partial charge in [-0.2, -0.15) is 0 Å². The summed E-state index contributed by atoms with van der Waals surface area (Å²) in [6, 6.07) is 7.53. The molecule has 0 bridgehead atoms. The molecule has 4 nitrogen and oxygen atoms in total. The number of carbonyl (C=O) groups excluding carboxylic acids is 2. The van der Waals surface area contributed by atoms with Crippen molar-refractivity contribution in [2.24, 2.45) is 5.92 Å². The summed E-state index contributed by atoms with van der Waals surface area (Å²) >= 11 is 0. The minimum atomic E-state index is -0.467. The third-order valence-corrected chi connectivity index (χ3v) is 5.36. The van der Waals surface area contributed by atoms with Crippen molar-refractivity contribution in [2.75, 3.05) is 0 Å². The quantitative estimate of drug-likeness (QED) is 0.891. The van der Waals surface area contributed by atoms with Gasteiger partial charge in [0, 0.05) is 12.0 Å². The standard InChI is InChI=1S/C21H27NO3/c1-13(2)19(23)17-18(15-9-7-8-14(3)12-15)22(21(25)20(17)24)16-10-5-4-6-11-16/h7-9,12-13,16,18,24H,4-6,10-11H2,1-3H3. The summed E-state index contributed by atoms with van der Waals surface area (Å²) in [5.74, 6) is -1.14. The number of rotatable bonds is 4. The maximum Gasteiger partial charge on any atom is 0.290 e. The molecule has 0 saturated heterocycles. The molecule has 1 aromatic rings. The monoisotopic (exact) mass is 341 g/mol. The first kappa shape index (κ1) is 17.7. The number of Topliss-reactive ketones (excluding diaryl/α,β-unsaturated/α-hetero) is 1. The van der Waals surface area contributed by atoms with Gasteiger partial charge >= 0.3 is 0 Å². The zero-order valence-electron chi connectivity index (χ0n) is 15.3. The van der Waals surface area contributed by atoms with E-state index in [9.17, 15) is 14.7 Å². The zero-order chi connectivity index (χ0) is 18.1. The summed E-state index contributed by atoms with van der Waals surface area (Å²) in [5, 5.41) is 10.5. The van der Waals surface area contributed by atoms with E-state index in [4.69, 9.17) is 0 Å². The number of ketones is 1. The van der Waals surface area contributed by atoms with E-state index in [1.807, 2.05) is 45.0 Å². The Kier molecular flexibility index (Phi) is 4.98. The van der Waals surface area contributed by atoms with Crippen molar-refractivity contribution in [3.05, 3.63) is 46.7 Å². The van der Waals surface area contributed by atoms with Gasteiger partial charge in [-0.3, -0.25) is 9.59 Å². The first-order chi connectivity index (χ1) is 11.9. The van der Waals surface area contributed by atoms with Crippen molar-refractivity contribution in [3.8, 4) is 0 Å². The normalized spacial score (nSPS) is 22.2. The van der Waals surface area contributed by atoms with Crippen LogP contribution in [0, 0.1) is 12.8 Å². The van der Waals surface area contributed by atoms with Gasteiger partial charge in [-0.1, -0.05) is 62.9 Å². The van der Waals surface area contributed by atoms with Gasteiger partial charge < -0.3 is 10.0 Å². The van der Waals surface area contributed by atoms with Crippen LogP contribution in [0.2, 0.25) is 0 Å². The van der Waals surface area contributed by atoms with Crippen molar-refractivity contribution < 1.29 is 14.7 Å². The van der Waals surface area contributed by atoms with Crippen LogP contribution in [0.5, 0.6) is 0 Å². The van der Waals surface area contributed by atoms with Crippen LogP contribution in [0.15, 0.2) is 35.6 Å². The molecule has 1 fully saturated rings. The van der Waals surface area contributed by atoms with Crippen LogP contribution in [0.4, 0.5) is 0 Å². The number of hydrogen-bond acceptors (Lipinski definition) is 3. The van der Waals surface area contributed by atoms with Crippen LogP contribution in [0.1, 0.15) is 63.1 Å². The van der Waals surface area contributed by atoms with Crippen molar-refractivity contribution in [2.45, 2.75) is 65.0 Å². The van der Waals surface area contributed by atoms with Crippen LogP contribution >= 0.6 is 0 Å². The lowest BCUT2D eigenvalue weighted by Gasteiger charge is -2.36. The smallest absolute Gasteiger partial charge is 0.290 e. The summed E-state index contributed by atoms with van der Waals surface area (Å²) in [6.07, 6.45) is 5.23. The number of benzene rings is 1. The highest BCUT2D eigenvalue weighted by Gasteiger charge is 2.46. The van der Waals surface area contributed by atoms with Crippen molar-refractivity contribution in [3.63, 3.8) is 0 Å².